The molecule has 2 saturated heterocycles. The number of hydrogen-bond donors (Lipinski definition) is 2. The van der Waals surface area contributed by atoms with Gasteiger partial charge in [0, 0.05) is 49.6 Å². The van der Waals surface area contributed by atoms with Crippen LogP contribution in [0.2, 0.25) is 0 Å². The maximum absolute atomic E-state index is 14.0. The highest BCUT2D eigenvalue weighted by Crippen LogP contribution is 2.37. The Morgan fingerprint density at radius 1 is 1.05 bits per heavy atom. The second-order valence-corrected chi connectivity index (χ2v) is 11.3. The lowest BCUT2D eigenvalue weighted by Gasteiger charge is -2.36. The number of para-hydroxylation sites is 1. The zero-order chi connectivity index (χ0) is 25.6. The summed E-state index contributed by atoms with van der Waals surface area (Å²) in [5.74, 6) is -0.235. The van der Waals surface area contributed by atoms with Gasteiger partial charge >= 0.3 is 0 Å². The Balaban J connectivity index is 1.04. The fourth-order valence-electron chi connectivity index (χ4n) is 5.37. The molecule has 3 aliphatic rings. The molecule has 0 spiro atoms. The number of rotatable bonds is 7. The van der Waals surface area contributed by atoms with Crippen LogP contribution in [0.5, 0.6) is 0 Å². The molecule has 8 heteroatoms. The summed E-state index contributed by atoms with van der Waals surface area (Å²) in [7, 11) is 0. The minimum absolute atomic E-state index is 0.0172. The highest BCUT2D eigenvalue weighted by Gasteiger charge is 2.34. The quantitative estimate of drug-likeness (QED) is 0.420. The van der Waals surface area contributed by atoms with E-state index in [9.17, 15) is 14.0 Å². The fourth-order valence-corrected chi connectivity index (χ4v) is 6.72. The van der Waals surface area contributed by atoms with Crippen LogP contribution in [0.15, 0.2) is 53.4 Å². The molecule has 6 nitrogen and oxygen atoms in total. The Morgan fingerprint density at radius 2 is 1.81 bits per heavy atom. The summed E-state index contributed by atoms with van der Waals surface area (Å²) in [6, 6.07) is 14.7. The van der Waals surface area contributed by atoms with E-state index in [2.05, 4.69) is 20.4 Å². The first kappa shape index (κ1) is 25.8. The van der Waals surface area contributed by atoms with Crippen LogP contribution < -0.4 is 15.5 Å². The molecule has 37 heavy (non-hydrogen) atoms. The van der Waals surface area contributed by atoms with Crippen LogP contribution in [0.3, 0.4) is 0 Å². The molecule has 2 amide bonds. The molecule has 2 N–H and O–H groups in total. The van der Waals surface area contributed by atoms with Crippen molar-refractivity contribution in [1.82, 2.24) is 15.5 Å². The van der Waals surface area contributed by atoms with Gasteiger partial charge in [0.1, 0.15) is 5.82 Å². The summed E-state index contributed by atoms with van der Waals surface area (Å²) < 4.78 is 14.0. The van der Waals surface area contributed by atoms with Crippen molar-refractivity contribution >= 4 is 35.3 Å². The monoisotopic (exact) mass is 522 g/mol. The van der Waals surface area contributed by atoms with Crippen molar-refractivity contribution in [3.05, 3.63) is 70.4 Å². The van der Waals surface area contributed by atoms with Crippen molar-refractivity contribution in [3.63, 3.8) is 0 Å². The smallest absolute Gasteiger partial charge is 0.257 e. The summed E-state index contributed by atoms with van der Waals surface area (Å²) in [5, 5.41) is 6.65. The van der Waals surface area contributed by atoms with Gasteiger partial charge in [-0.15, -0.1) is 11.8 Å². The number of nitrogens with zero attached hydrogens (tertiary/aromatic N) is 2. The zero-order valence-electron chi connectivity index (χ0n) is 21.1. The number of benzene rings is 2. The van der Waals surface area contributed by atoms with Crippen LogP contribution in [0.1, 0.15) is 48.0 Å². The van der Waals surface area contributed by atoms with Gasteiger partial charge in [-0.05, 0) is 61.7 Å². The molecule has 1 aliphatic carbocycles. The number of piperazine rings is 1. The molecule has 0 radical (unpaired) electrons. The predicted molar refractivity (Wildman–Crippen MR) is 148 cm³/mol. The highest BCUT2D eigenvalue weighted by atomic mass is 32.2. The first-order valence-electron chi connectivity index (χ1n) is 13.4. The molecule has 196 valence electrons. The Kier molecular flexibility index (Phi) is 8.46. The lowest BCUT2D eigenvalue weighted by molar-refractivity contribution is -0.117. The van der Waals surface area contributed by atoms with E-state index in [4.69, 9.17) is 0 Å². The van der Waals surface area contributed by atoms with Gasteiger partial charge in [0.05, 0.1) is 10.6 Å². The molecule has 3 fully saturated rings. The average molecular weight is 523 g/mol. The second-order valence-electron chi connectivity index (χ2n) is 10.0. The second kappa shape index (κ2) is 12.1. The minimum atomic E-state index is -0.167. The van der Waals surface area contributed by atoms with Gasteiger partial charge < -0.3 is 15.5 Å². The zero-order valence-corrected chi connectivity index (χ0v) is 21.9. The Bertz CT molecular complexity index is 1130. The lowest BCUT2D eigenvalue weighted by atomic mass is 9.94. The molecular formula is C29H35FN4O2S. The Hall–Kier alpha value is -2.84. The molecule has 2 aromatic rings. The number of carbonyl (C=O) groups excluding carboxylic acids is 2. The molecule has 2 aromatic carbocycles. The molecule has 2 heterocycles. The van der Waals surface area contributed by atoms with E-state index >= 15 is 0 Å². The average Bonchev–Trinajstić information content (AvgIpc) is 2.92. The van der Waals surface area contributed by atoms with Gasteiger partial charge in [-0.25, -0.2) is 4.39 Å². The molecule has 2 unspecified atom stereocenters. The molecule has 5 rings (SSSR count). The number of amides is 2. The molecule has 1 saturated carbocycles. The van der Waals surface area contributed by atoms with Crippen LogP contribution in [0, 0.1) is 5.82 Å². The number of carbonyl (C=O) groups is 2. The number of fused-ring (bicyclic) bond motifs is 1. The standard InChI is InChI=1S/C29H35FN4O2S/c30-23-6-1-3-8-25(23)34-18-16-33(17-19-34)15-5-14-31-28(35)22-12-10-21(11-13-22)20-27-29(36)32-24-7-2-4-9-26(24)37-27/h1,3,6,8,10-13,20,24,26H,2,4-5,7,9,14-19H2,(H,31,35)(H,32,36)/b27-20+. The topological polar surface area (TPSA) is 64.7 Å². The third-order valence-corrected chi connectivity index (χ3v) is 8.92. The number of nitrogens with one attached hydrogen (secondary N) is 2. The molecule has 2 atom stereocenters. The normalized spacial score (nSPS) is 23.4. The van der Waals surface area contributed by atoms with E-state index in [1.165, 1.54) is 18.9 Å². The van der Waals surface area contributed by atoms with E-state index in [-0.39, 0.29) is 17.6 Å². The van der Waals surface area contributed by atoms with Gasteiger partial charge in [-0.3, -0.25) is 14.5 Å². The molecular weight excluding hydrogens is 487 g/mol. The van der Waals surface area contributed by atoms with Crippen LogP contribution in [-0.4, -0.2) is 67.3 Å². The summed E-state index contributed by atoms with van der Waals surface area (Å²) in [6.45, 7) is 4.89. The maximum atomic E-state index is 14.0. The van der Waals surface area contributed by atoms with Gasteiger partial charge in [-0.2, -0.15) is 0 Å². The van der Waals surface area contributed by atoms with Crippen molar-refractivity contribution in [3.8, 4) is 0 Å². The van der Waals surface area contributed by atoms with Crippen molar-refractivity contribution in [1.29, 1.82) is 0 Å². The number of hydrogen-bond acceptors (Lipinski definition) is 5. The summed E-state index contributed by atoms with van der Waals surface area (Å²) in [4.78, 5) is 30.3. The highest BCUT2D eigenvalue weighted by molar-refractivity contribution is 8.04. The van der Waals surface area contributed by atoms with Gasteiger partial charge in [0.25, 0.3) is 11.8 Å². The van der Waals surface area contributed by atoms with Crippen molar-refractivity contribution in [2.75, 3.05) is 44.2 Å². The third kappa shape index (κ3) is 6.54. The number of halogens is 1. The summed E-state index contributed by atoms with van der Waals surface area (Å²) in [5.41, 5.74) is 2.22. The van der Waals surface area contributed by atoms with Crippen molar-refractivity contribution in [2.45, 2.75) is 43.4 Å². The lowest BCUT2D eigenvalue weighted by Crippen LogP contribution is -2.48. The molecule has 0 bridgehead atoms. The van der Waals surface area contributed by atoms with E-state index in [1.807, 2.05) is 42.5 Å². The van der Waals surface area contributed by atoms with E-state index in [0.717, 1.165) is 62.5 Å². The Morgan fingerprint density at radius 3 is 2.59 bits per heavy atom. The van der Waals surface area contributed by atoms with E-state index in [1.54, 1.807) is 17.8 Å². The molecule has 0 aromatic heterocycles. The third-order valence-electron chi connectivity index (χ3n) is 7.49. The fraction of sp³-hybridized carbons (Fsp3) is 0.448. The number of anilines is 1. The van der Waals surface area contributed by atoms with Crippen LogP contribution >= 0.6 is 11.8 Å². The van der Waals surface area contributed by atoms with Crippen LogP contribution in [0.25, 0.3) is 6.08 Å². The largest absolute Gasteiger partial charge is 0.367 e. The SMILES string of the molecule is O=C1NC2CCCCC2S/C1=C/c1ccc(C(=O)NCCCN2CCN(c3ccccc3F)CC2)cc1. The predicted octanol–water partition coefficient (Wildman–Crippen LogP) is 4.28. The van der Waals surface area contributed by atoms with Crippen molar-refractivity contribution < 1.29 is 14.0 Å². The first-order valence-corrected chi connectivity index (χ1v) is 14.2. The van der Waals surface area contributed by atoms with Crippen LogP contribution in [0.4, 0.5) is 10.1 Å². The summed E-state index contributed by atoms with van der Waals surface area (Å²) in [6.07, 6.45) is 7.44. The Labute approximate surface area is 222 Å². The number of thioether (sulfide) groups is 1. The van der Waals surface area contributed by atoms with Crippen molar-refractivity contribution in [2.24, 2.45) is 0 Å². The first-order chi connectivity index (χ1) is 18.1. The minimum Gasteiger partial charge on any atom is -0.367 e. The van der Waals surface area contributed by atoms with Crippen LogP contribution in [-0.2, 0) is 4.79 Å². The van der Waals surface area contributed by atoms with Gasteiger partial charge in [0.15, 0.2) is 0 Å². The molecule has 2 aliphatic heterocycles. The van der Waals surface area contributed by atoms with Gasteiger partial charge in [-0.1, -0.05) is 37.1 Å². The van der Waals surface area contributed by atoms with E-state index in [0.29, 0.717) is 29.1 Å². The maximum Gasteiger partial charge on any atom is 0.257 e. The van der Waals surface area contributed by atoms with Gasteiger partial charge in [0.2, 0.25) is 0 Å². The van der Waals surface area contributed by atoms with E-state index < -0.39 is 0 Å². The summed E-state index contributed by atoms with van der Waals surface area (Å²) >= 11 is 1.70.